The first-order valence-electron chi connectivity index (χ1n) is 8.73. The van der Waals surface area contributed by atoms with Crippen LogP contribution in [0.15, 0.2) is 42.5 Å². The van der Waals surface area contributed by atoms with Crippen LogP contribution in [0.25, 0.3) is 0 Å². The highest BCUT2D eigenvalue weighted by Gasteiger charge is 2.16. The van der Waals surface area contributed by atoms with Crippen LogP contribution in [0.4, 0.5) is 14.5 Å². The number of carbonyl (C=O) groups excluding carboxylic acids is 2. The minimum Gasteiger partial charge on any atom is -0.493 e. The van der Waals surface area contributed by atoms with Gasteiger partial charge in [0.15, 0.2) is 11.5 Å². The van der Waals surface area contributed by atoms with Crippen molar-refractivity contribution in [1.82, 2.24) is 4.90 Å². The summed E-state index contributed by atoms with van der Waals surface area (Å²) < 4.78 is 34.2. The number of carbonyl (C=O) groups is 2. The van der Waals surface area contributed by atoms with Crippen molar-refractivity contribution in [3.63, 3.8) is 0 Å². The molecule has 2 rings (SSSR count). The number of methoxy groups -OCH3 is 1. The summed E-state index contributed by atoms with van der Waals surface area (Å²) in [5.41, 5.74) is 1.09. The Morgan fingerprint density at radius 2 is 1.75 bits per heavy atom. The Bertz CT molecular complexity index is 839. The van der Waals surface area contributed by atoms with Crippen molar-refractivity contribution < 1.29 is 27.8 Å². The normalized spacial score (nSPS) is 10.5. The molecule has 0 aliphatic carbocycles. The lowest BCUT2D eigenvalue weighted by molar-refractivity contribution is -0.0512. The standard InChI is InChI=1S/C20H22F2N2O4/c1-4-24(5-2)19(26)14-7-6-8-15(11-14)23-18(25)13-9-10-16(28-20(21)22)17(12-13)27-3/h6-12,20H,4-5H2,1-3H3,(H,23,25). The summed E-state index contributed by atoms with van der Waals surface area (Å²) in [6.07, 6.45) is 0. The van der Waals surface area contributed by atoms with E-state index in [1.165, 1.54) is 25.3 Å². The molecule has 28 heavy (non-hydrogen) atoms. The molecule has 0 aromatic heterocycles. The fraction of sp³-hybridized carbons (Fsp3) is 0.300. The van der Waals surface area contributed by atoms with E-state index in [9.17, 15) is 18.4 Å². The largest absolute Gasteiger partial charge is 0.493 e. The van der Waals surface area contributed by atoms with E-state index < -0.39 is 12.5 Å². The fourth-order valence-corrected chi connectivity index (χ4v) is 2.63. The van der Waals surface area contributed by atoms with Gasteiger partial charge in [-0.05, 0) is 50.2 Å². The predicted octanol–water partition coefficient (Wildman–Crippen LogP) is 4.03. The van der Waals surface area contributed by atoms with Crippen molar-refractivity contribution in [2.24, 2.45) is 0 Å². The first kappa shape index (κ1) is 21.1. The molecule has 0 saturated heterocycles. The van der Waals surface area contributed by atoms with Crippen LogP contribution in [0.3, 0.4) is 0 Å². The monoisotopic (exact) mass is 392 g/mol. The molecule has 0 atom stereocenters. The van der Waals surface area contributed by atoms with Gasteiger partial charge in [0.05, 0.1) is 7.11 Å². The highest BCUT2D eigenvalue weighted by atomic mass is 19.3. The van der Waals surface area contributed by atoms with Crippen LogP contribution in [0.2, 0.25) is 0 Å². The van der Waals surface area contributed by atoms with Gasteiger partial charge >= 0.3 is 6.61 Å². The third kappa shape index (κ3) is 5.18. The summed E-state index contributed by atoms with van der Waals surface area (Å²) in [6.45, 7) is 1.95. The van der Waals surface area contributed by atoms with Crippen molar-refractivity contribution in [2.45, 2.75) is 20.5 Å². The minimum absolute atomic E-state index is 0.0124. The Balaban J connectivity index is 2.19. The fourth-order valence-electron chi connectivity index (χ4n) is 2.63. The van der Waals surface area contributed by atoms with E-state index in [4.69, 9.17) is 4.74 Å². The Hall–Kier alpha value is -3.16. The third-order valence-corrected chi connectivity index (χ3v) is 4.06. The van der Waals surface area contributed by atoms with Crippen molar-refractivity contribution in [2.75, 3.05) is 25.5 Å². The lowest BCUT2D eigenvalue weighted by atomic mass is 10.1. The smallest absolute Gasteiger partial charge is 0.387 e. The van der Waals surface area contributed by atoms with Crippen LogP contribution in [0.1, 0.15) is 34.6 Å². The Kier molecular flexibility index (Phi) is 7.31. The van der Waals surface area contributed by atoms with Crippen molar-refractivity contribution in [3.05, 3.63) is 53.6 Å². The summed E-state index contributed by atoms with van der Waals surface area (Å²) in [6, 6.07) is 10.5. The highest BCUT2D eigenvalue weighted by Crippen LogP contribution is 2.29. The van der Waals surface area contributed by atoms with Gasteiger partial charge < -0.3 is 19.7 Å². The summed E-state index contributed by atoms with van der Waals surface area (Å²) in [4.78, 5) is 26.6. The van der Waals surface area contributed by atoms with Crippen LogP contribution in [-0.2, 0) is 0 Å². The van der Waals surface area contributed by atoms with Crippen LogP contribution in [-0.4, -0.2) is 43.5 Å². The summed E-state index contributed by atoms with van der Waals surface area (Å²) in [5.74, 6) is -0.759. The van der Waals surface area contributed by atoms with Gasteiger partial charge in [-0.1, -0.05) is 6.07 Å². The highest BCUT2D eigenvalue weighted by molar-refractivity contribution is 6.05. The van der Waals surface area contributed by atoms with Crippen LogP contribution in [0.5, 0.6) is 11.5 Å². The number of nitrogens with one attached hydrogen (secondary N) is 1. The van der Waals surface area contributed by atoms with Crippen LogP contribution >= 0.6 is 0 Å². The van der Waals surface area contributed by atoms with E-state index in [2.05, 4.69) is 10.1 Å². The van der Waals surface area contributed by atoms with E-state index in [0.717, 1.165) is 0 Å². The average Bonchev–Trinajstić information content (AvgIpc) is 2.68. The van der Waals surface area contributed by atoms with Crippen LogP contribution in [0, 0.1) is 0 Å². The number of nitrogens with zero attached hydrogens (tertiary/aromatic N) is 1. The van der Waals surface area contributed by atoms with Crippen molar-refractivity contribution >= 4 is 17.5 Å². The molecule has 0 radical (unpaired) electrons. The van der Waals surface area contributed by atoms with Gasteiger partial charge in [-0.2, -0.15) is 8.78 Å². The van der Waals surface area contributed by atoms with E-state index >= 15 is 0 Å². The summed E-state index contributed by atoms with van der Waals surface area (Å²) in [5, 5.41) is 2.69. The lowest BCUT2D eigenvalue weighted by Crippen LogP contribution is -2.30. The molecular formula is C20H22F2N2O4. The van der Waals surface area contributed by atoms with Gasteiger partial charge in [0.25, 0.3) is 11.8 Å². The topological polar surface area (TPSA) is 67.9 Å². The molecule has 0 unspecified atom stereocenters. The first-order valence-corrected chi connectivity index (χ1v) is 8.73. The Labute approximate surface area is 162 Å². The van der Waals surface area contributed by atoms with E-state index in [-0.39, 0.29) is 23.0 Å². The molecule has 0 fully saturated rings. The zero-order valence-corrected chi connectivity index (χ0v) is 15.9. The molecule has 8 heteroatoms. The van der Waals surface area contributed by atoms with E-state index in [1.54, 1.807) is 29.2 Å². The Morgan fingerprint density at radius 1 is 1.04 bits per heavy atom. The molecule has 0 heterocycles. The van der Waals surface area contributed by atoms with Crippen LogP contribution < -0.4 is 14.8 Å². The lowest BCUT2D eigenvalue weighted by Gasteiger charge is -2.19. The number of anilines is 1. The molecule has 0 bridgehead atoms. The molecule has 0 aliphatic rings. The molecule has 1 N–H and O–H groups in total. The second-order valence-electron chi connectivity index (χ2n) is 5.76. The maximum atomic E-state index is 12.5. The number of rotatable bonds is 8. The molecule has 0 aliphatic heterocycles. The first-order chi connectivity index (χ1) is 13.4. The molecule has 2 aromatic carbocycles. The molecule has 150 valence electrons. The molecule has 2 aromatic rings. The predicted molar refractivity (Wildman–Crippen MR) is 101 cm³/mol. The molecule has 0 spiro atoms. The van der Waals surface area contributed by atoms with E-state index in [0.29, 0.717) is 24.3 Å². The quantitative estimate of drug-likeness (QED) is 0.737. The van der Waals surface area contributed by atoms with Crippen molar-refractivity contribution in [3.8, 4) is 11.5 Å². The number of halogens is 2. The molecular weight excluding hydrogens is 370 g/mol. The number of amides is 2. The SMILES string of the molecule is CCN(CC)C(=O)c1cccc(NC(=O)c2ccc(OC(F)F)c(OC)c2)c1. The van der Waals surface area contributed by atoms with Gasteiger partial charge in [0, 0.05) is 29.9 Å². The van der Waals surface area contributed by atoms with Gasteiger partial charge in [-0.15, -0.1) is 0 Å². The number of hydrogen-bond donors (Lipinski definition) is 1. The van der Waals surface area contributed by atoms with Crippen molar-refractivity contribution in [1.29, 1.82) is 0 Å². The summed E-state index contributed by atoms with van der Waals surface area (Å²) >= 11 is 0. The molecule has 6 nitrogen and oxygen atoms in total. The minimum atomic E-state index is -3.00. The zero-order valence-electron chi connectivity index (χ0n) is 15.9. The number of ether oxygens (including phenoxy) is 2. The Morgan fingerprint density at radius 3 is 2.36 bits per heavy atom. The second-order valence-corrected chi connectivity index (χ2v) is 5.76. The maximum absolute atomic E-state index is 12.5. The molecule has 0 saturated carbocycles. The van der Waals surface area contributed by atoms with Gasteiger partial charge in [-0.3, -0.25) is 9.59 Å². The van der Waals surface area contributed by atoms with E-state index in [1.807, 2.05) is 13.8 Å². The van der Waals surface area contributed by atoms with Gasteiger partial charge in [-0.25, -0.2) is 0 Å². The van der Waals surface area contributed by atoms with Gasteiger partial charge in [0.1, 0.15) is 0 Å². The summed E-state index contributed by atoms with van der Waals surface area (Å²) in [7, 11) is 1.29. The zero-order chi connectivity index (χ0) is 20.7. The second kappa shape index (κ2) is 9.68. The van der Waals surface area contributed by atoms with Gasteiger partial charge in [0.2, 0.25) is 0 Å². The average molecular weight is 392 g/mol. The number of hydrogen-bond acceptors (Lipinski definition) is 4. The number of alkyl halides is 2. The maximum Gasteiger partial charge on any atom is 0.387 e. The molecule has 2 amide bonds. The number of benzene rings is 2. The third-order valence-electron chi connectivity index (χ3n) is 4.06.